The molecule has 3 atom stereocenters. The molecule has 0 heterocycles. The molecule has 0 aliphatic heterocycles. The van der Waals surface area contributed by atoms with E-state index in [0.717, 1.165) is 11.1 Å². The Morgan fingerprint density at radius 2 is 1.60 bits per heavy atom. The third-order valence-electron chi connectivity index (χ3n) is 6.38. The van der Waals surface area contributed by atoms with Crippen LogP contribution in [0, 0.1) is 6.92 Å². The first-order valence-corrected chi connectivity index (χ1v) is 16.0. The number of rotatable bonds is 16. The summed E-state index contributed by atoms with van der Waals surface area (Å²) >= 11 is 0. The van der Waals surface area contributed by atoms with Gasteiger partial charge in [-0.05, 0) is 76.1 Å². The highest BCUT2D eigenvalue weighted by molar-refractivity contribution is 7.86. The Kier molecular flexibility index (Phi) is 13.4. The van der Waals surface area contributed by atoms with Gasteiger partial charge in [0.25, 0.3) is 10.1 Å². The summed E-state index contributed by atoms with van der Waals surface area (Å²) in [6, 6.07) is 21.9. The molecule has 3 aromatic carbocycles. The average Bonchev–Trinajstić information content (AvgIpc) is 2.99. The first-order chi connectivity index (χ1) is 21.4. The molecule has 0 aromatic heterocycles. The lowest BCUT2D eigenvalue weighted by Crippen LogP contribution is -2.53. The minimum Gasteiger partial charge on any atom is -0.497 e. The lowest BCUT2D eigenvalue weighted by Gasteiger charge is -2.31. The van der Waals surface area contributed by atoms with Gasteiger partial charge in [0.1, 0.15) is 35.9 Å². The van der Waals surface area contributed by atoms with Crippen LogP contribution < -0.4 is 14.8 Å². The molecule has 0 unspecified atom stereocenters. The normalized spacial score (nSPS) is 14.0. The second-order valence-electron chi connectivity index (χ2n) is 11.3. The van der Waals surface area contributed by atoms with Crippen LogP contribution in [0.1, 0.15) is 38.3 Å². The molecule has 45 heavy (non-hydrogen) atoms. The third kappa shape index (κ3) is 12.6. The van der Waals surface area contributed by atoms with Crippen molar-refractivity contribution in [1.82, 2.24) is 5.32 Å². The fourth-order valence-electron chi connectivity index (χ4n) is 4.10. The zero-order chi connectivity index (χ0) is 32.9. The van der Waals surface area contributed by atoms with E-state index in [9.17, 15) is 18.3 Å². The molecular weight excluding hydrogens is 598 g/mol. The largest absolute Gasteiger partial charge is 0.497 e. The Balaban J connectivity index is 1.75. The van der Waals surface area contributed by atoms with E-state index in [1.165, 1.54) is 18.2 Å². The average molecular weight is 642 g/mol. The molecule has 3 rings (SSSR count). The molecule has 1 amide bonds. The van der Waals surface area contributed by atoms with E-state index in [2.05, 4.69) is 5.32 Å². The van der Waals surface area contributed by atoms with Gasteiger partial charge in [0.05, 0.1) is 31.3 Å². The summed E-state index contributed by atoms with van der Waals surface area (Å²) in [7, 11) is -2.36. The topological polar surface area (TPSA) is 130 Å². The molecule has 0 saturated heterocycles. The van der Waals surface area contributed by atoms with Gasteiger partial charge < -0.3 is 29.4 Å². The highest BCUT2D eigenvalue weighted by atomic mass is 32.2. The number of hydrogen-bond acceptors (Lipinski definition) is 9. The molecule has 10 nitrogen and oxygen atoms in total. The van der Waals surface area contributed by atoms with Crippen molar-refractivity contribution >= 4 is 16.2 Å². The smallest absolute Gasteiger partial charge is 0.408 e. The highest BCUT2D eigenvalue weighted by Crippen LogP contribution is 2.20. The maximum atomic E-state index is 12.9. The number of carbonyl (C=O) groups is 1. The number of ether oxygens (including phenoxy) is 4. The number of aliphatic hydroxyl groups is 1. The van der Waals surface area contributed by atoms with Gasteiger partial charge in [-0.3, -0.25) is 4.18 Å². The zero-order valence-corrected chi connectivity index (χ0v) is 27.2. The van der Waals surface area contributed by atoms with Crippen molar-refractivity contribution in [3.8, 4) is 11.5 Å². The second-order valence-corrected chi connectivity index (χ2v) is 12.9. The van der Waals surface area contributed by atoms with Crippen LogP contribution in [0.3, 0.4) is 0 Å². The van der Waals surface area contributed by atoms with Gasteiger partial charge in [0.15, 0.2) is 0 Å². The van der Waals surface area contributed by atoms with Crippen molar-refractivity contribution in [2.75, 3.05) is 20.3 Å². The van der Waals surface area contributed by atoms with Crippen LogP contribution in [0.15, 0.2) is 95.9 Å². The molecule has 0 radical (unpaired) electrons. The maximum absolute atomic E-state index is 12.9. The van der Waals surface area contributed by atoms with E-state index in [4.69, 9.17) is 23.1 Å². The molecule has 2 N–H and O–H groups in total. The first kappa shape index (κ1) is 35.6. The number of alkyl carbamates (subject to hydrolysis) is 1. The maximum Gasteiger partial charge on any atom is 0.408 e. The molecule has 244 valence electrons. The number of benzene rings is 3. The van der Waals surface area contributed by atoms with Gasteiger partial charge in [-0.2, -0.15) is 8.42 Å². The summed E-state index contributed by atoms with van der Waals surface area (Å²) in [5.41, 5.74) is 1.03. The zero-order valence-electron chi connectivity index (χ0n) is 26.3. The van der Waals surface area contributed by atoms with Crippen LogP contribution in [0.25, 0.3) is 0 Å². The van der Waals surface area contributed by atoms with Crippen molar-refractivity contribution in [2.24, 2.45) is 0 Å². The summed E-state index contributed by atoms with van der Waals surface area (Å²) in [4.78, 5) is 12.9. The Morgan fingerprint density at radius 3 is 2.22 bits per heavy atom. The minimum atomic E-state index is -3.92. The fraction of sp³-hybridized carbons (Fsp3) is 0.382. The molecule has 0 aliphatic rings. The van der Waals surface area contributed by atoms with E-state index >= 15 is 0 Å². The van der Waals surface area contributed by atoms with Crippen molar-refractivity contribution in [2.45, 2.75) is 69.5 Å². The van der Waals surface area contributed by atoms with Gasteiger partial charge in [0.2, 0.25) is 0 Å². The summed E-state index contributed by atoms with van der Waals surface area (Å²) in [5, 5.41) is 14.1. The minimum absolute atomic E-state index is 0.0617. The van der Waals surface area contributed by atoms with Crippen LogP contribution >= 0.6 is 0 Å². The second kappa shape index (κ2) is 17.0. The number of carbonyl (C=O) groups excluding carboxylic acids is 1. The van der Waals surface area contributed by atoms with E-state index in [1.807, 2.05) is 37.3 Å². The van der Waals surface area contributed by atoms with E-state index in [-0.39, 0.29) is 31.1 Å². The summed E-state index contributed by atoms with van der Waals surface area (Å²) in [6.07, 6.45) is 0.369. The van der Waals surface area contributed by atoms with E-state index in [0.29, 0.717) is 11.5 Å². The molecule has 0 bridgehead atoms. The standard InChI is InChI=1S/C34H43NO9S/c1-25-14-20-29(21-15-25)45(38,39)43-22-10-9-13-31(36)32(42-23-26-11-7-6-8-12-26)30(35-33(37)44-34(2,3)4)24-41-28-18-16-27(40-5)17-19-28/h6-9,11-21,30-32,36H,10,22-24H2,1-5H3,(H,35,37)/b13-9+/t30-,31+,32+/m1/s1. The van der Waals surface area contributed by atoms with Crippen LogP contribution in [0.5, 0.6) is 11.5 Å². The Labute approximate surface area is 266 Å². The summed E-state index contributed by atoms with van der Waals surface area (Å²) < 4.78 is 53.0. The van der Waals surface area contributed by atoms with Crippen LogP contribution in [0.4, 0.5) is 4.79 Å². The third-order valence-corrected chi connectivity index (χ3v) is 7.70. The van der Waals surface area contributed by atoms with Gasteiger partial charge in [-0.15, -0.1) is 0 Å². The first-order valence-electron chi connectivity index (χ1n) is 14.6. The Morgan fingerprint density at radius 1 is 0.956 bits per heavy atom. The van der Waals surface area contributed by atoms with Crippen molar-refractivity contribution in [3.05, 3.63) is 102 Å². The number of hydrogen-bond donors (Lipinski definition) is 2. The summed E-state index contributed by atoms with van der Waals surface area (Å²) in [5.74, 6) is 1.18. The van der Waals surface area contributed by atoms with Crippen LogP contribution in [0.2, 0.25) is 0 Å². The number of aliphatic hydroxyl groups excluding tert-OH is 1. The van der Waals surface area contributed by atoms with E-state index in [1.54, 1.807) is 70.4 Å². The van der Waals surface area contributed by atoms with Gasteiger partial charge in [0, 0.05) is 0 Å². The number of aryl methyl sites for hydroxylation is 1. The monoisotopic (exact) mass is 641 g/mol. The molecule has 0 fully saturated rings. The molecular formula is C34H43NO9S. The molecule has 0 spiro atoms. The SMILES string of the molecule is COc1ccc(OC[C@@H](NC(=O)OC(C)(C)C)[C@H](OCc2ccccc2)[C@@H](O)/C=C/CCOS(=O)(=O)c2ccc(C)cc2)cc1. The Bertz CT molecular complexity index is 1450. The quantitative estimate of drug-likeness (QED) is 0.117. The summed E-state index contributed by atoms with van der Waals surface area (Å²) in [6.45, 7) is 7.06. The predicted molar refractivity (Wildman–Crippen MR) is 171 cm³/mol. The van der Waals surface area contributed by atoms with Crippen molar-refractivity contribution in [3.63, 3.8) is 0 Å². The number of nitrogens with one attached hydrogen (secondary N) is 1. The van der Waals surface area contributed by atoms with Crippen molar-refractivity contribution in [1.29, 1.82) is 0 Å². The molecule has 0 aliphatic carbocycles. The Hall–Kier alpha value is -3.90. The van der Waals surface area contributed by atoms with Crippen molar-refractivity contribution < 1.29 is 41.4 Å². The van der Waals surface area contributed by atoms with E-state index < -0.39 is 40.1 Å². The molecule has 0 saturated carbocycles. The lowest BCUT2D eigenvalue weighted by molar-refractivity contribution is -0.0558. The van der Waals surface area contributed by atoms with Gasteiger partial charge in [-0.1, -0.05) is 60.2 Å². The van der Waals surface area contributed by atoms with Crippen LogP contribution in [-0.2, 0) is 30.4 Å². The highest BCUT2D eigenvalue weighted by Gasteiger charge is 2.32. The number of amides is 1. The van der Waals surface area contributed by atoms with Crippen LogP contribution in [-0.4, -0.2) is 63.8 Å². The molecule has 3 aromatic rings. The fourth-order valence-corrected chi connectivity index (χ4v) is 5.02. The predicted octanol–water partition coefficient (Wildman–Crippen LogP) is 5.57. The molecule has 11 heteroatoms. The lowest BCUT2D eigenvalue weighted by atomic mass is 10.0. The number of methoxy groups -OCH3 is 1. The van der Waals surface area contributed by atoms with Gasteiger partial charge >= 0.3 is 6.09 Å². The van der Waals surface area contributed by atoms with Gasteiger partial charge in [-0.25, -0.2) is 4.79 Å².